The fraction of sp³-hybridized carbons (Fsp3) is 0.625. The fourth-order valence-corrected chi connectivity index (χ4v) is 3.32. The van der Waals surface area contributed by atoms with Crippen molar-refractivity contribution in [1.82, 2.24) is 5.32 Å². The number of aryl methyl sites for hydroxylation is 1. The van der Waals surface area contributed by atoms with E-state index in [1.165, 1.54) is 24.0 Å². The summed E-state index contributed by atoms with van der Waals surface area (Å²) in [5.41, 5.74) is 2.81. The molecule has 1 unspecified atom stereocenters. The van der Waals surface area contributed by atoms with Crippen molar-refractivity contribution in [2.75, 3.05) is 26.4 Å². The van der Waals surface area contributed by atoms with Crippen LogP contribution in [0, 0.1) is 6.92 Å². The minimum atomic E-state index is 0.187. The number of nitrogens with one attached hydrogen (secondary N) is 1. The highest BCUT2D eigenvalue weighted by molar-refractivity contribution is 5.41. The van der Waals surface area contributed by atoms with Crippen molar-refractivity contribution in [3.8, 4) is 5.75 Å². The quantitative estimate of drug-likeness (QED) is 0.903. The van der Waals surface area contributed by atoms with Gasteiger partial charge >= 0.3 is 0 Å². The van der Waals surface area contributed by atoms with E-state index in [0.717, 1.165) is 32.1 Å². The van der Waals surface area contributed by atoms with Crippen molar-refractivity contribution in [3.05, 3.63) is 29.3 Å². The molecule has 104 valence electrons. The topological polar surface area (TPSA) is 30.5 Å². The number of hydrogen-bond donors (Lipinski definition) is 1. The third-order valence-corrected chi connectivity index (χ3v) is 4.50. The predicted molar refractivity (Wildman–Crippen MR) is 75.9 cm³/mol. The lowest BCUT2D eigenvalue weighted by Crippen LogP contribution is -2.58. The normalized spacial score (nSPS) is 25.1. The summed E-state index contributed by atoms with van der Waals surface area (Å²) in [6.07, 6.45) is 2.54. The molecule has 1 N–H and O–H groups in total. The van der Waals surface area contributed by atoms with E-state index in [4.69, 9.17) is 9.47 Å². The highest BCUT2D eigenvalue weighted by Gasteiger charge is 2.47. The summed E-state index contributed by atoms with van der Waals surface area (Å²) in [5.74, 6) is 1.00. The molecule has 0 amide bonds. The number of rotatable bonds is 4. The molecule has 3 nitrogen and oxygen atoms in total. The van der Waals surface area contributed by atoms with Crippen molar-refractivity contribution in [1.29, 1.82) is 0 Å². The Labute approximate surface area is 115 Å². The van der Waals surface area contributed by atoms with Crippen LogP contribution in [0.2, 0.25) is 0 Å². The van der Waals surface area contributed by atoms with Crippen LogP contribution in [0.5, 0.6) is 5.75 Å². The van der Waals surface area contributed by atoms with Crippen LogP contribution in [0.4, 0.5) is 0 Å². The molecular weight excluding hydrogens is 238 g/mol. The van der Waals surface area contributed by atoms with E-state index < -0.39 is 0 Å². The van der Waals surface area contributed by atoms with Crippen LogP contribution in [0.3, 0.4) is 0 Å². The van der Waals surface area contributed by atoms with E-state index in [-0.39, 0.29) is 5.41 Å². The lowest BCUT2D eigenvalue weighted by molar-refractivity contribution is -0.0761. The van der Waals surface area contributed by atoms with Crippen LogP contribution < -0.4 is 10.1 Å². The van der Waals surface area contributed by atoms with Gasteiger partial charge in [0.15, 0.2) is 0 Å². The molecule has 2 aliphatic rings. The second-order valence-corrected chi connectivity index (χ2v) is 5.71. The van der Waals surface area contributed by atoms with Gasteiger partial charge in [-0.1, -0.05) is 12.1 Å². The van der Waals surface area contributed by atoms with Crippen LogP contribution >= 0.6 is 0 Å². The average Bonchev–Trinajstić information content (AvgIpc) is 2.85. The summed E-state index contributed by atoms with van der Waals surface area (Å²) >= 11 is 0. The zero-order valence-corrected chi connectivity index (χ0v) is 11.9. The van der Waals surface area contributed by atoms with Gasteiger partial charge in [-0.25, -0.2) is 0 Å². The maximum Gasteiger partial charge on any atom is 0.122 e. The first kappa shape index (κ1) is 12.9. The molecule has 3 heteroatoms. The molecule has 0 bridgehead atoms. The van der Waals surface area contributed by atoms with E-state index >= 15 is 0 Å². The Morgan fingerprint density at radius 2 is 2.26 bits per heavy atom. The first-order valence-electron chi connectivity index (χ1n) is 7.31. The number of ether oxygens (including phenoxy) is 2. The van der Waals surface area contributed by atoms with Gasteiger partial charge in [0, 0.05) is 6.04 Å². The molecule has 2 aliphatic heterocycles. The first-order chi connectivity index (χ1) is 9.26. The smallest absolute Gasteiger partial charge is 0.122 e. The van der Waals surface area contributed by atoms with Gasteiger partial charge in [0.05, 0.1) is 25.2 Å². The number of benzene rings is 1. The van der Waals surface area contributed by atoms with Crippen LogP contribution in [0.15, 0.2) is 18.2 Å². The van der Waals surface area contributed by atoms with Crippen LogP contribution in [-0.4, -0.2) is 32.4 Å². The maximum atomic E-state index is 5.63. The van der Waals surface area contributed by atoms with Gasteiger partial charge in [-0.15, -0.1) is 0 Å². The maximum absolute atomic E-state index is 5.63. The van der Waals surface area contributed by atoms with E-state index in [1.807, 2.05) is 6.92 Å². The Balaban J connectivity index is 1.89. The second-order valence-electron chi connectivity index (χ2n) is 5.71. The minimum absolute atomic E-state index is 0.187. The van der Waals surface area contributed by atoms with Crippen molar-refractivity contribution in [2.45, 2.75) is 38.1 Å². The standard InChI is InChI=1S/C16H23NO2/c1-3-19-14-7-6-13(9-12(14)2)16(10-18-11-16)15-5-4-8-17-15/h6-7,9,15,17H,3-5,8,10-11H2,1-2H3. The van der Waals surface area contributed by atoms with E-state index in [0.29, 0.717) is 6.04 Å². The van der Waals surface area contributed by atoms with Gasteiger partial charge < -0.3 is 14.8 Å². The minimum Gasteiger partial charge on any atom is -0.494 e. The van der Waals surface area contributed by atoms with E-state index in [9.17, 15) is 0 Å². The van der Waals surface area contributed by atoms with Gasteiger partial charge in [0.1, 0.15) is 5.75 Å². The van der Waals surface area contributed by atoms with Gasteiger partial charge in [-0.2, -0.15) is 0 Å². The highest BCUT2D eigenvalue weighted by Crippen LogP contribution is 2.40. The van der Waals surface area contributed by atoms with Crippen LogP contribution in [0.1, 0.15) is 30.9 Å². The summed E-state index contributed by atoms with van der Waals surface area (Å²) < 4.78 is 11.2. The number of hydrogen-bond acceptors (Lipinski definition) is 3. The third kappa shape index (κ3) is 2.15. The average molecular weight is 261 g/mol. The van der Waals surface area contributed by atoms with E-state index in [1.54, 1.807) is 0 Å². The van der Waals surface area contributed by atoms with Crippen LogP contribution in [-0.2, 0) is 10.2 Å². The summed E-state index contributed by atoms with van der Waals surface area (Å²) in [5, 5.41) is 3.65. The lowest BCUT2D eigenvalue weighted by atomic mass is 9.71. The van der Waals surface area contributed by atoms with E-state index in [2.05, 4.69) is 30.4 Å². The van der Waals surface area contributed by atoms with Gasteiger partial charge in [0.2, 0.25) is 0 Å². The highest BCUT2D eigenvalue weighted by atomic mass is 16.5. The Kier molecular flexibility index (Phi) is 3.50. The molecule has 19 heavy (non-hydrogen) atoms. The summed E-state index contributed by atoms with van der Waals surface area (Å²) in [6, 6.07) is 7.19. The molecule has 2 heterocycles. The Morgan fingerprint density at radius 3 is 2.79 bits per heavy atom. The van der Waals surface area contributed by atoms with Crippen molar-refractivity contribution >= 4 is 0 Å². The molecule has 1 aromatic carbocycles. The molecule has 0 aromatic heterocycles. The molecule has 0 radical (unpaired) electrons. The largest absolute Gasteiger partial charge is 0.494 e. The Bertz CT molecular complexity index is 448. The predicted octanol–water partition coefficient (Wildman–Crippen LogP) is 2.41. The second kappa shape index (κ2) is 5.14. The molecule has 1 atom stereocenters. The molecule has 3 rings (SSSR count). The summed E-state index contributed by atoms with van der Waals surface area (Å²) in [6.45, 7) is 7.71. The molecule has 1 aromatic rings. The Morgan fingerprint density at radius 1 is 1.42 bits per heavy atom. The zero-order chi connectivity index (χ0) is 13.3. The molecular formula is C16H23NO2. The van der Waals surface area contributed by atoms with Crippen LogP contribution in [0.25, 0.3) is 0 Å². The first-order valence-corrected chi connectivity index (χ1v) is 7.31. The monoisotopic (exact) mass is 261 g/mol. The summed E-state index contributed by atoms with van der Waals surface area (Å²) in [7, 11) is 0. The van der Waals surface area contributed by atoms with Crippen molar-refractivity contribution in [2.24, 2.45) is 0 Å². The molecule has 0 saturated carbocycles. The fourth-order valence-electron chi connectivity index (χ4n) is 3.32. The summed E-state index contributed by atoms with van der Waals surface area (Å²) in [4.78, 5) is 0. The van der Waals surface area contributed by atoms with Gasteiger partial charge in [-0.3, -0.25) is 0 Å². The SMILES string of the molecule is CCOc1ccc(C2(C3CCCN3)COC2)cc1C. The molecule has 2 saturated heterocycles. The molecule has 0 aliphatic carbocycles. The Hall–Kier alpha value is -1.06. The molecule has 0 spiro atoms. The third-order valence-electron chi connectivity index (χ3n) is 4.50. The lowest BCUT2D eigenvalue weighted by Gasteiger charge is -2.46. The molecule has 2 fully saturated rings. The van der Waals surface area contributed by atoms with Crippen molar-refractivity contribution in [3.63, 3.8) is 0 Å². The van der Waals surface area contributed by atoms with Gasteiger partial charge in [0.25, 0.3) is 0 Å². The van der Waals surface area contributed by atoms with Gasteiger partial charge in [-0.05, 0) is 50.4 Å². The van der Waals surface area contributed by atoms with Crippen molar-refractivity contribution < 1.29 is 9.47 Å². The zero-order valence-electron chi connectivity index (χ0n) is 11.9.